The highest BCUT2D eigenvalue weighted by molar-refractivity contribution is 6.32. The van der Waals surface area contributed by atoms with E-state index in [0.717, 1.165) is 16.8 Å². The number of halogens is 1. The van der Waals surface area contributed by atoms with Crippen LogP contribution in [-0.2, 0) is 0 Å². The van der Waals surface area contributed by atoms with Gasteiger partial charge in [0.1, 0.15) is 5.82 Å². The molecule has 2 rings (SSSR count). The summed E-state index contributed by atoms with van der Waals surface area (Å²) in [5.74, 6) is 1.66. The van der Waals surface area contributed by atoms with Gasteiger partial charge in [-0.15, -0.1) is 0 Å². The molecule has 2 unspecified atom stereocenters. The van der Waals surface area contributed by atoms with Gasteiger partial charge in [0.05, 0.1) is 5.02 Å². The standard InChI is InChI=1S/C11H15ClN2/c1-2-4-8-7-10(8)14-11-9(12)5-3-6-13-11/h3,5-6,8,10H,2,4,7H2,1H3,(H,13,14). The molecule has 0 saturated heterocycles. The van der Waals surface area contributed by atoms with Crippen molar-refractivity contribution in [2.45, 2.75) is 32.2 Å². The Kier molecular flexibility index (Phi) is 2.92. The van der Waals surface area contributed by atoms with Gasteiger partial charge in [0.15, 0.2) is 0 Å². The molecule has 76 valence electrons. The monoisotopic (exact) mass is 210 g/mol. The third-order valence-corrected chi connectivity index (χ3v) is 2.97. The predicted octanol–water partition coefficient (Wildman–Crippen LogP) is 3.34. The van der Waals surface area contributed by atoms with E-state index in [-0.39, 0.29) is 0 Å². The first-order valence-corrected chi connectivity index (χ1v) is 5.56. The number of nitrogens with zero attached hydrogens (tertiary/aromatic N) is 1. The van der Waals surface area contributed by atoms with Gasteiger partial charge in [0, 0.05) is 12.2 Å². The zero-order valence-electron chi connectivity index (χ0n) is 8.33. The molecule has 0 amide bonds. The van der Waals surface area contributed by atoms with Crippen molar-refractivity contribution >= 4 is 17.4 Å². The van der Waals surface area contributed by atoms with Gasteiger partial charge in [-0.25, -0.2) is 4.98 Å². The van der Waals surface area contributed by atoms with Gasteiger partial charge in [-0.05, 0) is 30.9 Å². The molecule has 1 saturated carbocycles. The number of hydrogen-bond donors (Lipinski definition) is 1. The van der Waals surface area contributed by atoms with Crippen LogP contribution >= 0.6 is 11.6 Å². The lowest BCUT2D eigenvalue weighted by Crippen LogP contribution is -2.06. The van der Waals surface area contributed by atoms with E-state index in [9.17, 15) is 0 Å². The quantitative estimate of drug-likeness (QED) is 0.825. The Morgan fingerprint density at radius 2 is 2.50 bits per heavy atom. The minimum absolute atomic E-state index is 0.599. The molecule has 2 atom stereocenters. The Balaban J connectivity index is 1.90. The van der Waals surface area contributed by atoms with E-state index in [2.05, 4.69) is 17.2 Å². The summed E-state index contributed by atoms with van der Waals surface area (Å²) >= 11 is 6.00. The Morgan fingerprint density at radius 1 is 1.64 bits per heavy atom. The first-order chi connectivity index (χ1) is 6.81. The summed E-state index contributed by atoms with van der Waals surface area (Å²) < 4.78 is 0. The van der Waals surface area contributed by atoms with Gasteiger partial charge in [0.25, 0.3) is 0 Å². The molecule has 0 aliphatic heterocycles. The third kappa shape index (κ3) is 2.18. The highest BCUT2D eigenvalue weighted by atomic mass is 35.5. The topological polar surface area (TPSA) is 24.9 Å². The summed E-state index contributed by atoms with van der Waals surface area (Å²) in [6.07, 6.45) is 5.60. The lowest BCUT2D eigenvalue weighted by Gasteiger charge is -2.05. The van der Waals surface area contributed by atoms with Crippen molar-refractivity contribution in [2.24, 2.45) is 5.92 Å². The van der Waals surface area contributed by atoms with Crippen molar-refractivity contribution in [3.05, 3.63) is 23.4 Å². The fourth-order valence-electron chi connectivity index (χ4n) is 1.78. The van der Waals surface area contributed by atoms with E-state index >= 15 is 0 Å². The van der Waals surface area contributed by atoms with Crippen LogP contribution in [0.4, 0.5) is 5.82 Å². The Labute approximate surface area is 89.7 Å². The van der Waals surface area contributed by atoms with Gasteiger partial charge >= 0.3 is 0 Å². The second-order valence-corrected chi connectivity index (χ2v) is 4.28. The second-order valence-electron chi connectivity index (χ2n) is 3.87. The molecule has 2 nitrogen and oxygen atoms in total. The summed E-state index contributed by atoms with van der Waals surface area (Å²) in [6.45, 7) is 2.23. The number of aromatic nitrogens is 1. The van der Waals surface area contributed by atoms with Gasteiger partial charge < -0.3 is 5.32 Å². The summed E-state index contributed by atoms with van der Waals surface area (Å²) in [5.41, 5.74) is 0. The number of nitrogens with one attached hydrogen (secondary N) is 1. The van der Waals surface area contributed by atoms with Crippen LogP contribution in [0.2, 0.25) is 5.02 Å². The molecule has 1 fully saturated rings. The van der Waals surface area contributed by atoms with E-state index in [1.165, 1.54) is 19.3 Å². The molecule has 14 heavy (non-hydrogen) atoms. The van der Waals surface area contributed by atoms with Gasteiger partial charge in [-0.3, -0.25) is 0 Å². The largest absolute Gasteiger partial charge is 0.366 e. The summed E-state index contributed by atoms with van der Waals surface area (Å²) in [4.78, 5) is 4.21. The zero-order chi connectivity index (χ0) is 9.97. The normalized spacial score (nSPS) is 24.7. The van der Waals surface area contributed by atoms with Crippen LogP contribution in [0.1, 0.15) is 26.2 Å². The first kappa shape index (κ1) is 9.78. The van der Waals surface area contributed by atoms with Crippen LogP contribution in [0.3, 0.4) is 0 Å². The maximum absolute atomic E-state index is 6.00. The third-order valence-electron chi connectivity index (χ3n) is 2.66. The number of rotatable bonds is 4. The molecule has 1 aliphatic rings. The van der Waals surface area contributed by atoms with E-state index in [1.807, 2.05) is 12.1 Å². The van der Waals surface area contributed by atoms with Crippen molar-refractivity contribution in [1.29, 1.82) is 0 Å². The van der Waals surface area contributed by atoms with Crippen LogP contribution in [0.25, 0.3) is 0 Å². The van der Waals surface area contributed by atoms with E-state index in [4.69, 9.17) is 11.6 Å². The Bertz CT molecular complexity index is 314. The molecule has 0 radical (unpaired) electrons. The smallest absolute Gasteiger partial charge is 0.144 e. The van der Waals surface area contributed by atoms with Gasteiger partial charge in [-0.1, -0.05) is 24.9 Å². The molecule has 1 heterocycles. The Morgan fingerprint density at radius 3 is 3.21 bits per heavy atom. The minimum Gasteiger partial charge on any atom is -0.366 e. The minimum atomic E-state index is 0.599. The average Bonchev–Trinajstić information content (AvgIpc) is 2.89. The summed E-state index contributed by atoms with van der Waals surface area (Å²) in [7, 11) is 0. The maximum Gasteiger partial charge on any atom is 0.144 e. The molecule has 1 aromatic heterocycles. The van der Waals surface area contributed by atoms with Crippen LogP contribution in [0, 0.1) is 5.92 Å². The van der Waals surface area contributed by atoms with Gasteiger partial charge in [0.2, 0.25) is 0 Å². The zero-order valence-corrected chi connectivity index (χ0v) is 9.09. The molecule has 0 spiro atoms. The van der Waals surface area contributed by atoms with E-state index in [0.29, 0.717) is 6.04 Å². The molecular formula is C11H15ClN2. The lowest BCUT2D eigenvalue weighted by molar-refractivity contribution is 0.692. The number of hydrogen-bond acceptors (Lipinski definition) is 2. The van der Waals surface area contributed by atoms with E-state index in [1.54, 1.807) is 6.20 Å². The second kappa shape index (κ2) is 4.18. The SMILES string of the molecule is CCCC1CC1Nc1ncccc1Cl. The average molecular weight is 211 g/mol. The predicted molar refractivity (Wildman–Crippen MR) is 59.7 cm³/mol. The van der Waals surface area contributed by atoms with Crippen LogP contribution in [0.15, 0.2) is 18.3 Å². The molecule has 1 aliphatic carbocycles. The van der Waals surface area contributed by atoms with Gasteiger partial charge in [-0.2, -0.15) is 0 Å². The highest BCUT2D eigenvalue weighted by Gasteiger charge is 2.36. The molecule has 1 aromatic rings. The summed E-state index contributed by atoms with van der Waals surface area (Å²) in [6, 6.07) is 4.32. The highest BCUT2D eigenvalue weighted by Crippen LogP contribution is 2.37. The molecule has 1 N–H and O–H groups in total. The van der Waals surface area contributed by atoms with Crippen molar-refractivity contribution in [2.75, 3.05) is 5.32 Å². The molecule has 3 heteroatoms. The van der Waals surface area contributed by atoms with Crippen molar-refractivity contribution in [3.63, 3.8) is 0 Å². The van der Waals surface area contributed by atoms with Crippen molar-refractivity contribution < 1.29 is 0 Å². The number of pyridine rings is 1. The van der Waals surface area contributed by atoms with Crippen LogP contribution in [0.5, 0.6) is 0 Å². The molecule has 0 bridgehead atoms. The Hall–Kier alpha value is -0.760. The maximum atomic E-state index is 6.00. The van der Waals surface area contributed by atoms with Crippen molar-refractivity contribution in [3.8, 4) is 0 Å². The summed E-state index contributed by atoms with van der Waals surface area (Å²) in [5, 5.41) is 4.09. The van der Waals surface area contributed by atoms with Crippen molar-refractivity contribution in [1.82, 2.24) is 4.98 Å². The molecule has 0 aromatic carbocycles. The van der Waals surface area contributed by atoms with Crippen LogP contribution in [-0.4, -0.2) is 11.0 Å². The van der Waals surface area contributed by atoms with E-state index < -0.39 is 0 Å². The fourth-order valence-corrected chi connectivity index (χ4v) is 1.96. The molecular weight excluding hydrogens is 196 g/mol. The van der Waals surface area contributed by atoms with Crippen LogP contribution < -0.4 is 5.32 Å². The fraction of sp³-hybridized carbons (Fsp3) is 0.545. The number of anilines is 1. The lowest BCUT2D eigenvalue weighted by atomic mass is 10.2. The first-order valence-electron chi connectivity index (χ1n) is 5.18.